The maximum absolute atomic E-state index is 13.3. The van der Waals surface area contributed by atoms with Crippen LogP contribution in [0, 0.1) is 5.82 Å². The van der Waals surface area contributed by atoms with E-state index >= 15 is 0 Å². The third kappa shape index (κ3) is 5.46. The number of anilines is 1. The highest BCUT2D eigenvalue weighted by atomic mass is 35.5. The van der Waals surface area contributed by atoms with Crippen molar-refractivity contribution in [3.05, 3.63) is 112 Å². The number of hydrogen-bond donors (Lipinski definition) is 1. The molecule has 5 nitrogen and oxygen atoms in total. The lowest BCUT2D eigenvalue weighted by molar-refractivity contribution is 0.102. The van der Waals surface area contributed by atoms with Gasteiger partial charge in [-0.2, -0.15) is 5.10 Å². The molecule has 1 aromatic heterocycles. The molecule has 0 aliphatic heterocycles. The Labute approximate surface area is 194 Å². The Morgan fingerprint density at radius 1 is 1.00 bits per heavy atom. The minimum Gasteiger partial charge on any atom is -0.487 e. The molecule has 0 fully saturated rings. The van der Waals surface area contributed by atoms with Gasteiger partial charge in [-0.25, -0.2) is 4.39 Å². The van der Waals surface area contributed by atoms with Crippen molar-refractivity contribution in [2.45, 2.75) is 13.2 Å². The minimum absolute atomic E-state index is 0.226. The van der Waals surface area contributed by atoms with Gasteiger partial charge in [0.05, 0.1) is 11.6 Å². The Morgan fingerprint density at radius 3 is 2.62 bits per heavy atom. The molecule has 3 aromatic carbocycles. The number of ether oxygens (including phenoxy) is 1. The van der Waals surface area contributed by atoms with Crippen molar-refractivity contribution in [2.24, 2.45) is 0 Å². The first kappa shape index (κ1) is 21.9. The Hall–Kier alpha value is -3.35. The molecule has 0 aliphatic rings. The van der Waals surface area contributed by atoms with Crippen LogP contribution in [-0.2, 0) is 13.2 Å². The van der Waals surface area contributed by atoms with E-state index in [1.807, 2.05) is 12.1 Å². The summed E-state index contributed by atoms with van der Waals surface area (Å²) < 4.78 is 20.7. The van der Waals surface area contributed by atoms with Gasteiger partial charge in [0.1, 0.15) is 23.2 Å². The zero-order valence-electron chi connectivity index (χ0n) is 16.8. The molecule has 4 rings (SSSR count). The van der Waals surface area contributed by atoms with Crippen LogP contribution in [0.4, 0.5) is 10.2 Å². The van der Waals surface area contributed by atoms with Crippen LogP contribution in [0.5, 0.6) is 5.75 Å². The van der Waals surface area contributed by atoms with Crippen molar-refractivity contribution in [3.8, 4) is 5.75 Å². The fraction of sp³-hybridized carbons (Fsp3) is 0.0833. The van der Waals surface area contributed by atoms with E-state index in [2.05, 4.69) is 10.4 Å². The third-order valence-electron chi connectivity index (χ3n) is 4.62. The van der Waals surface area contributed by atoms with Gasteiger partial charge in [0.25, 0.3) is 5.91 Å². The zero-order chi connectivity index (χ0) is 22.5. The average Bonchev–Trinajstić information content (AvgIpc) is 3.21. The van der Waals surface area contributed by atoms with Crippen molar-refractivity contribution < 1.29 is 13.9 Å². The van der Waals surface area contributed by atoms with Gasteiger partial charge in [-0.1, -0.05) is 53.5 Å². The van der Waals surface area contributed by atoms with E-state index in [1.165, 1.54) is 12.1 Å². The first-order valence-corrected chi connectivity index (χ1v) is 10.5. The number of amides is 1. The van der Waals surface area contributed by atoms with Gasteiger partial charge in [-0.05, 0) is 47.5 Å². The molecule has 0 atom stereocenters. The van der Waals surface area contributed by atoms with Gasteiger partial charge >= 0.3 is 0 Å². The van der Waals surface area contributed by atoms with Crippen LogP contribution in [0.3, 0.4) is 0 Å². The maximum atomic E-state index is 13.3. The molecule has 32 heavy (non-hydrogen) atoms. The maximum Gasteiger partial charge on any atom is 0.256 e. The third-order valence-corrected chi connectivity index (χ3v) is 5.42. The molecule has 8 heteroatoms. The molecule has 0 saturated carbocycles. The summed E-state index contributed by atoms with van der Waals surface area (Å²) in [4.78, 5) is 12.7. The van der Waals surface area contributed by atoms with E-state index in [9.17, 15) is 9.18 Å². The first-order valence-electron chi connectivity index (χ1n) is 9.73. The summed E-state index contributed by atoms with van der Waals surface area (Å²) in [5.41, 5.74) is 2.03. The summed E-state index contributed by atoms with van der Waals surface area (Å²) in [6, 6.07) is 20.2. The van der Waals surface area contributed by atoms with Crippen molar-refractivity contribution in [1.82, 2.24) is 9.78 Å². The molecule has 0 unspecified atom stereocenters. The van der Waals surface area contributed by atoms with Gasteiger partial charge < -0.3 is 10.1 Å². The monoisotopic (exact) mass is 469 g/mol. The normalized spacial score (nSPS) is 10.7. The zero-order valence-corrected chi connectivity index (χ0v) is 18.3. The fourth-order valence-corrected chi connectivity index (χ4v) is 3.43. The molecule has 0 bridgehead atoms. The summed E-state index contributed by atoms with van der Waals surface area (Å²) in [5, 5.41) is 7.85. The van der Waals surface area contributed by atoms with E-state index in [-0.39, 0.29) is 18.3 Å². The van der Waals surface area contributed by atoms with E-state index in [0.29, 0.717) is 33.7 Å². The van der Waals surface area contributed by atoms with Crippen LogP contribution in [0.25, 0.3) is 0 Å². The summed E-state index contributed by atoms with van der Waals surface area (Å²) in [6.07, 6.45) is 1.72. The molecule has 0 saturated heterocycles. The number of carbonyl (C=O) groups is 1. The van der Waals surface area contributed by atoms with E-state index in [1.54, 1.807) is 59.4 Å². The van der Waals surface area contributed by atoms with E-state index in [0.717, 1.165) is 11.1 Å². The average molecular weight is 470 g/mol. The topological polar surface area (TPSA) is 56.2 Å². The second-order valence-corrected chi connectivity index (χ2v) is 7.81. The van der Waals surface area contributed by atoms with Crippen molar-refractivity contribution >= 4 is 34.9 Å². The van der Waals surface area contributed by atoms with Crippen molar-refractivity contribution in [3.63, 3.8) is 0 Å². The molecular weight excluding hydrogens is 452 g/mol. The Kier molecular flexibility index (Phi) is 6.73. The lowest BCUT2D eigenvalue weighted by atomic mass is 10.1. The number of hydrogen-bond acceptors (Lipinski definition) is 3. The van der Waals surface area contributed by atoms with Crippen LogP contribution >= 0.6 is 23.2 Å². The number of carbonyl (C=O) groups excluding carboxylic acids is 1. The number of nitrogens with one attached hydrogen (secondary N) is 1. The van der Waals surface area contributed by atoms with Crippen LogP contribution in [0.15, 0.2) is 79.0 Å². The van der Waals surface area contributed by atoms with Crippen LogP contribution in [0.1, 0.15) is 21.5 Å². The van der Waals surface area contributed by atoms with Crippen LogP contribution in [-0.4, -0.2) is 15.7 Å². The molecule has 1 heterocycles. The molecule has 0 radical (unpaired) electrons. The molecule has 4 aromatic rings. The van der Waals surface area contributed by atoms with Crippen LogP contribution < -0.4 is 10.1 Å². The SMILES string of the molecule is O=C(Nc1ccn(Cc2cccc(F)c2)n1)c1cccc(COc2cccc(Cl)c2Cl)c1. The Balaban J connectivity index is 1.39. The second kappa shape index (κ2) is 9.85. The quantitative estimate of drug-likeness (QED) is 0.350. The number of rotatable bonds is 7. The lowest BCUT2D eigenvalue weighted by Gasteiger charge is -2.10. The second-order valence-electron chi connectivity index (χ2n) is 7.02. The van der Waals surface area contributed by atoms with Crippen molar-refractivity contribution in [1.29, 1.82) is 0 Å². The highest BCUT2D eigenvalue weighted by molar-refractivity contribution is 6.42. The highest BCUT2D eigenvalue weighted by Crippen LogP contribution is 2.32. The van der Waals surface area contributed by atoms with E-state index < -0.39 is 0 Å². The smallest absolute Gasteiger partial charge is 0.256 e. The van der Waals surface area contributed by atoms with Gasteiger partial charge in [0.2, 0.25) is 0 Å². The highest BCUT2D eigenvalue weighted by Gasteiger charge is 2.11. The van der Waals surface area contributed by atoms with Crippen LogP contribution in [0.2, 0.25) is 10.0 Å². The standard InChI is InChI=1S/C24H18Cl2FN3O2/c25-20-8-3-9-21(23(20)26)32-15-17-5-1-6-18(12-17)24(31)28-22-10-11-30(29-22)14-16-4-2-7-19(27)13-16/h1-13H,14-15H2,(H,28,29,31). The summed E-state index contributed by atoms with van der Waals surface area (Å²) in [5.74, 6) is 0.268. The molecular formula is C24H18Cl2FN3O2. The molecule has 162 valence electrons. The summed E-state index contributed by atoms with van der Waals surface area (Å²) in [7, 11) is 0. The summed E-state index contributed by atoms with van der Waals surface area (Å²) in [6.45, 7) is 0.621. The Morgan fingerprint density at radius 2 is 1.78 bits per heavy atom. The summed E-state index contributed by atoms with van der Waals surface area (Å²) >= 11 is 12.1. The molecule has 1 amide bonds. The van der Waals surface area contributed by atoms with Crippen molar-refractivity contribution in [2.75, 3.05) is 5.32 Å². The number of aromatic nitrogens is 2. The van der Waals surface area contributed by atoms with Gasteiger partial charge in [-0.3, -0.25) is 9.48 Å². The molecule has 0 spiro atoms. The number of nitrogens with zero attached hydrogens (tertiary/aromatic N) is 2. The molecule has 1 N–H and O–H groups in total. The van der Waals surface area contributed by atoms with Gasteiger partial charge in [0, 0.05) is 17.8 Å². The minimum atomic E-state index is -0.302. The number of benzene rings is 3. The predicted molar refractivity (Wildman–Crippen MR) is 123 cm³/mol. The number of halogens is 3. The van der Waals surface area contributed by atoms with E-state index in [4.69, 9.17) is 27.9 Å². The Bertz CT molecular complexity index is 1260. The van der Waals surface area contributed by atoms with Gasteiger partial charge in [-0.15, -0.1) is 0 Å². The predicted octanol–water partition coefficient (Wildman–Crippen LogP) is 6.21. The fourth-order valence-electron chi connectivity index (χ4n) is 3.09. The largest absolute Gasteiger partial charge is 0.487 e. The molecule has 0 aliphatic carbocycles. The van der Waals surface area contributed by atoms with Gasteiger partial charge in [0.15, 0.2) is 5.82 Å². The lowest BCUT2D eigenvalue weighted by Crippen LogP contribution is -2.13. The first-order chi connectivity index (χ1) is 15.5.